The molecule has 2 aromatic carbocycles. The molecule has 1 heterocycles. The Morgan fingerprint density at radius 1 is 0.914 bits per heavy atom. The van der Waals surface area contributed by atoms with Crippen LogP contribution in [0, 0.1) is 12.8 Å². The third kappa shape index (κ3) is 8.52. The molecule has 0 unspecified atom stereocenters. The number of aryl methyl sites for hydroxylation is 4. The molecule has 184 valence electrons. The summed E-state index contributed by atoms with van der Waals surface area (Å²) >= 11 is 6.00. The number of amides is 1. The van der Waals surface area contributed by atoms with E-state index in [-0.39, 0.29) is 17.6 Å². The first-order valence-electron chi connectivity index (χ1n) is 12.1. The molecule has 0 bridgehead atoms. The van der Waals surface area contributed by atoms with Gasteiger partial charge in [-0.25, -0.2) is 4.98 Å². The number of carbonyl (C=O) groups is 2. The van der Waals surface area contributed by atoms with Crippen LogP contribution in [-0.4, -0.2) is 22.7 Å². The van der Waals surface area contributed by atoms with Crippen molar-refractivity contribution in [2.45, 2.75) is 58.4 Å². The van der Waals surface area contributed by atoms with Crippen molar-refractivity contribution in [3.8, 4) is 0 Å². The molecule has 0 fully saturated rings. The number of benzene rings is 2. The molecule has 3 N–H and O–H groups in total. The van der Waals surface area contributed by atoms with Gasteiger partial charge < -0.3 is 11.1 Å². The van der Waals surface area contributed by atoms with Gasteiger partial charge in [0.1, 0.15) is 5.82 Å². The number of hydrogen-bond acceptors (Lipinski definition) is 4. The number of pyridine rings is 1. The van der Waals surface area contributed by atoms with Crippen molar-refractivity contribution in [3.63, 3.8) is 0 Å². The van der Waals surface area contributed by atoms with Gasteiger partial charge in [0, 0.05) is 23.1 Å². The maximum Gasteiger partial charge on any atom is 0.223 e. The lowest BCUT2D eigenvalue weighted by molar-refractivity contribution is -0.130. The summed E-state index contributed by atoms with van der Waals surface area (Å²) in [6.45, 7) is 3.65. The van der Waals surface area contributed by atoms with Crippen molar-refractivity contribution in [2.75, 3.05) is 5.73 Å². The lowest BCUT2D eigenvalue weighted by atomic mass is 9.92. The molecule has 0 aliphatic carbocycles. The molecule has 0 saturated heterocycles. The van der Waals surface area contributed by atoms with Crippen LogP contribution in [-0.2, 0) is 28.9 Å². The summed E-state index contributed by atoms with van der Waals surface area (Å²) in [4.78, 5) is 30.2. The predicted octanol–water partition coefficient (Wildman–Crippen LogP) is 5.51. The van der Waals surface area contributed by atoms with Crippen LogP contribution in [0.3, 0.4) is 0 Å². The third-order valence-corrected chi connectivity index (χ3v) is 6.64. The number of nitrogens with two attached hydrogens (primary N) is 1. The van der Waals surface area contributed by atoms with Crippen molar-refractivity contribution in [1.29, 1.82) is 0 Å². The van der Waals surface area contributed by atoms with E-state index in [0.717, 1.165) is 36.1 Å². The molecule has 1 aromatic heterocycles. The minimum Gasteiger partial charge on any atom is -0.384 e. The maximum absolute atomic E-state index is 13.2. The summed E-state index contributed by atoms with van der Waals surface area (Å²) in [5.74, 6) is 0.221. The first-order valence-corrected chi connectivity index (χ1v) is 12.5. The van der Waals surface area contributed by atoms with Crippen LogP contribution in [0.25, 0.3) is 0 Å². The van der Waals surface area contributed by atoms with Gasteiger partial charge in [-0.1, -0.05) is 60.1 Å². The van der Waals surface area contributed by atoms with Crippen LogP contribution in [0.4, 0.5) is 5.82 Å². The molecule has 0 spiro atoms. The number of anilines is 1. The summed E-state index contributed by atoms with van der Waals surface area (Å²) in [6, 6.07) is 21.0. The van der Waals surface area contributed by atoms with Gasteiger partial charge in [-0.2, -0.15) is 0 Å². The molecule has 6 heteroatoms. The predicted molar refractivity (Wildman–Crippen MR) is 142 cm³/mol. The molecule has 1 amide bonds. The fourth-order valence-electron chi connectivity index (χ4n) is 4.14. The Bertz CT molecular complexity index is 1120. The Hall–Kier alpha value is -3.18. The van der Waals surface area contributed by atoms with E-state index in [0.29, 0.717) is 30.1 Å². The molecule has 5 nitrogen and oxygen atoms in total. The van der Waals surface area contributed by atoms with E-state index in [1.165, 1.54) is 5.56 Å². The number of ketones is 1. The van der Waals surface area contributed by atoms with Gasteiger partial charge in [0.2, 0.25) is 5.91 Å². The number of rotatable bonds is 12. The topological polar surface area (TPSA) is 85.1 Å². The molecule has 3 rings (SSSR count). The zero-order chi connectivity index (χ0) is 25.2. The second kappa shape index (κ2) is 13.1. The van der Waals surface area contributed by atoms with Crippen LogP contribution in [0.2, 0.25) is 5.02 Å². The normalized spacial score (nSPS) is 12.7. The van der Waals surface area contributed by atoms with Gasteiger partial charge in [-0.05, 0) is 80.8 Å². The largest absolute Gasteiger partial charge is 0.384 e. The quantitative estimate of drug-likeness (QED) is 0.349. The number of nitrogens with zero attached hydrogens (tertiary/aromatic N) is 1. The number of carbonyl (C=O) groups excluding carboxylic acids is 2. The summed E-state index contributed by atoms with van der Waals surface area (Å²) in [6.07, 6.45) is 3.93. The van der Waals surface area contributed by atoms with Crippen LogP contribution < -0.4 is 11.1 Å². The van der Waals surface area contributed by atoms with Crippen molar-refractivity contribution in [3.05, 3.63) is 94.1 Å². The number of halogens is 1. The van der Waals surface area contributed by atoms with Crippen molar-refractivity contribution >= 4 is 29.1 Å². The highest BCUT2D eigenvalue weighted by Crippen LogP contribution is 2.19. The van der Waals surface area contributed by atoms with Gasteiger partial charge in [0.25, 0.3) is 0 Å². The highest BCUT2D eigenvalue weighted by molar-refractivity contribution is 6.30. The molecule has 35 heavy (non-hydrogen) atoms. The summed E-state index contributed by atoms with van der Waals surface area (Å²) in [5.41, 5.74) is 9.88. The number of hydrogen-bond donors (Lipinski definition) is 2. The molecule has 0 saturated carbocycles. The zero-order valence-electron chi connectivity index (χ0n) is 20.5. The van der Waals surface area contributed by atoms with Gasteiger partial charge in [0.05, 0.1) is 6.04 Å². The van der Waals surface area contributed by atoms with Crippen LogP contribution in [0.15, 0.2) is 66.7 Å². The van der Waals surface area contributed by atoms with E-state index in [1.54, 1.807) is 13.0 Å². The van der Waals surface area contributed by atoms with E-state index in [2.05, 4.69) is 22.4 Å². The Morgan fingerprint density at radius 2 is 1.54 bits per heavy atom. The highest BCUT2D eigenvalue weighted by Gasteiger charge is 2.23. The first kappa shape index (κ1) is 26.4. The number of aromatic nitrogens is 1. The van der Waals surface area contributed by atoms with Crippen molar-refractivity contribution in [2.24, 2.45) is 5.92 Å². The molecule has 0 aliphatic rings. The fourth-order valence-corrected chi connectivity index (χ4v) is 4.27. The van der Waals surface area contributed by atoms with Gasteiger partial charge >= 0.3 is 0 Å². The van der Waals surface area contributed by atoms with Gasteiger partial charge in [-0.15, -0.1) is 0 Å². The average molecular weight is 492 g/mol. The number of nitrogens with one attached hydrogen (secondary N) is 1. The summed E-state index contributed by atoms with van der Waals surface area (Å²) in [7, 11) is 0. The van der Waals surface area contributed by atoms with E-state index in [9.17, 15) is 9.59 Å². The second-order valence-electron chi connectivity index (χ2n) is 9.06. The fraction of sp³-hybridized carbons (Fsp3) is 0.345. The minimum atomic E-state index is -0.542. The lowest BCUT2D eigenvalue weighted by Crippen LogP contribution is -2.42. The van der Waals surface area contributed by atoms with E-state index in [1.807, 2.05) is 55.5 Å². The van der Waals surface area contributed by atoms with Crippen molar-refractivity contribution in [1.82, 2.24) is 10.3 Å². The first-order chi connectivity index (χ1) is 16.8. The second-order valence-corrected chi connectivity index (χ2v) is 9.50. The molecule has 3 aromatic rings. The smallest absolute Gasteiger partial charge is 0.223 e. The molecular formula is C29H34ClN3O2. The lowest BCUT2D eigenvalue weighted by Gasteiger charge is -2.20. The third-order valence-electron chi connectivity index (χ3n) is 6.39. The van der Waals surface area contributed by atoms with E-state index < -0.39 is 6.04 Å². The minimum absolute atomic E-state index is 0.00841. The number of Topliss-reactive ketones (excluding diaryl/α,β-unsaturated/α-hetero) is 1. The summed E-state index contributed by atoms with van der Waals surface area (Å²) < 4.78 is 0. The van der Waals surface area contributed by atoms with Gasteiger partial charge in [0.15, 0.2) is 5.78 Å². The van der Waals surface area contributed by atoms with Crippen LogP contribution >= 0.6 is 11.6 Å². The Morgan fingerprint density at radius 3 is 2.17 bits per heavy atom. The van der Waals surface area contributed by atoms with Crippen molar-refractivity contribution < 1.29 is 9.59 Å². The Balaban J connectivity index is 1.58. The van der Waals surface area contributed by atoms with Gasteiger partial charge in [-0.3, -0.25) is 9.59 Å². The SMILES string of the molecule is Cc1nc(N)ccc1CCC(=O)[C@H](C)NC(=O)[C@@H](CCc1ccccc1)CCc1ccc(Cl)cc1. The highest BCUT2D eigenvalue weighted by atomic mass is 35.5. The standard InChI is InChI=1S/C29H34ClN3O2/c1-20-24(15-19-28(31)32-20)14-18-27(34)21(2)33-29(35)25(12-8-22-6-4-3-5-7-22)13-9-23-10-16-26(30)17-11-23/h3-7,10-11,15-17,19,21,25H,8-9,12-14,18H2,1-2H3,(H2,31,32)(H,33,35)/t21-,25-/m0/s1. The molecular weight excluding hydrogens is 458 g/mol. The molecule has 2 atom stereocenters. The zero-order valence-corrected chi connectivity index (χ0v) is 21.2. The van der Waals surface area contributed by atoms with Crippen LogP contribution in [0.1, 0.15) is 48.6 Å². The average Bonchev–Trinajstić information content (AvgIpc) is 2.85. The van der Waals surface area contributed by atoms with E-state index in [4.69, 9.17) is 17.3 Å². The Labute approximate surface area is 213 Å². The maximum atomic E-state index is 13.2. The molecule has 0 radical (unpaired) electrons. The molecule has 0 aliphatic heterocycles. The Kier molecular flexibility index (Phi) is 9.86. The summed E-state index contributed by atoms with van der Waals surface area (Å²) in [5, 5.41) is 3.67. The van der Waals surface area contributed by atoms with Crippen LogP contribution in [0.5, 0.6) is 0 Å². The van der Waals surface area contributed by atoms with E-state index >= 15 is 0 Å². The monoisotopic (exact) mass is 491 g/mol. The number of nitrogen functional groups attached to an aromatic ring is 1.